The van der Waals surface area contributed by atoms with Crippen molar-refractivity contribution in [1.29, 1.82) is 0 Å². The molecule has 0 unspecified atom stereocenters. The molecule has 16 heavy (non-hydrogen) atoms. The Morgan fingerprint density at radius 2 is 2.25 bits per heavy atom. The molecule has 0 heterocycles. The van der Waals surface area contributed by atoms with Gasteiger partial charge in [-0.1, -0.05) is 11.6 Å². The molecule has 0 aliphatic heterocycles. The van der Waals surface area contributed by atoms with Crippen molar-refractivity contribution < 1.29 is 9.72 Å². The van der Waals surface area contributed by atoms with Gasteiger partial charge in [-0.05, 0) is 13.1 Å². The molecule has 1 aromatic carbocycles. The van der Waals surface area contributed by atoms with Crippen LogP contribution >= 0.6 is 11.6 Å². The van der Waals surface area contributed by atoms with Crippen molar-refractivity contribution in [3.63, 3.8) is 0 Å². The molecule has 2 N–H and O–H groups in total. The lowest BCUT2D eigenvalue weighted by atomic mass is 10.3. The number of carbonyl (C=O) groups is 1. The van der Waals surface area contributed by atoms with Crippen LogP contribution < -0.4 is 10.6 Å². The summed E-state index contributed by atoms with van der Waals surface area (Å²) in [6.45, 7) is 0.110. The van der Waals surface area contributed by atoms with Crippen LogP contribution in [-0.2, 0) is 4.79 Å². The van der Waals surface area contributed by atoms with Crippen LogP contribution in [0.25, 0.3) is 0 Å². The van der Waals surface area contributed by atoms with Crippen molar-refractivity contribution in [2.75, 3.05) is 18.9 Å². The third-order valence-corrected chi connectivity index (χ3v) is 2.10. The summed E-state index contributed by atoms with van der Waals surface area (Å²) in [5.74, 6) is -0.315. The Kier molecular flexibility index (Phi) is 4.21. The minimum absolute atomic E-state index is 0.110. The first-order valence-electron chi connectivity index (χ1n) is 4.43. The first-order chi connectivity index (χ1) is 7.54. The maximum Gasteiger partial charge on any atom is 0.271 e. The molecule has 0 fully saturated rings. The number of rotatable bonds is 4. The van der Waals surface area contributed by atoms with Gasteiger partial charge < -0.3 is 10.6 Å². The molecule has 0 saturated carbocycles. The van der Waals surface area contributed by atoms with E-state index in [1.165, 1.54) is 18.2 Å². The first-order valence-corrected chi connectivity index (χ1v) is 4.80. The molecule has 7 heteroatoms. The SMILES string of the molecule is CNCC(=O)Nc1cc([N+](=O)[O-])ccc1Cl. The normalized spacial score (nSPS) is 9.88. The molecule has 0 atom stereocenters. The van der Waals surface area contributed by atoms with Crippen LogP contribution in [0.15, 0.2) is 18.2 Å². The standard InChI is InChI=1S/C9H10ClN3O3/c1-11-5-9(14)12-8-4-6(13(15)16)2-3-7(8)10/h2-4,11H,5H2,1H3,(H,12,14). The van der Waals surface area contributed by atoms with Crippen LogP contribution in [0.2, 0.25) is 5.02 Å². The Morgan fingerprint density at radius 1 is 1.56 bits per heavy atom. The summed E-state index contributed by atoms with van der Waals surface area (Å²) in [6, 6.07) is 3.86. The number of non-ortho nitro benzene ring substituents is 1. The quantitative estimate of drug-likeness (QED) is 0.619. The number of hydrogen-bond donors (Lipinski definition) is 2. The highest BCUT2D eigenvalue weighted by atomic mass is 35.5. The van der Waals surface area contributed by atoms with Crippen LogP contribution in [0, 0.1) is 10.1 Å². The third-order valence-electron chi connectivity index (χ3n) is 1.77. The Labute approximate surface area is 96.7 Å². The second-order valence-electron chi connectivity index (χ2n) is 3.00. The monoisotopic (exact) mass is 243 g/mol. The second kappa shape index (κ2) is 5.43. The van der Waals surface area contributed by atoms with E-state index in [0.717, 1.165) is 0 Å². The van der Waals surface area contributed by atoms with Gasteiger partial charge in [-0.25, -0.2) is 0 Å². The minimum Gasteiger partial charge on any atom is -0.323 e. The molecule has 1 aromatic rings. The van der Waals surface area contributed by atoms with Crippen molar-refractivity contribution in [3.05, 3.63) is 33.3 Å². The highest BCUT2D eigenvalue weighted by Crippen LogP contribution is 2.26. The molecular weight excluding hydrogens is 234 g/mol. The van der Waals surface area contributed by atoms with E-state index >= 15 is 0 Å². The van der Waals surface area contributed by atoms with Gasteiger partial charge in [-0.15, -0.1) is 0 Å². The minimum atomic E-state index is -0.552. The fourth-order valence-corrected chi connectivity index (χ4v) is 1.24. The Morgan fingerprint density at radius 3 is 2.81 bits per heavy atom. The summed E-state index contributed by atoms with van der Waals surface area (Å²) >= 11 is 5.79. The van der Waals surface area contributed by atoms with Crippen molar-refractivity contribution >= 4 is 28.9 Å². The predicted molar refractivity (Wildman–Crippen MR) is 60.7 cm³/mol. The molecule has 0 aliphatic carbocycles. The van der Waals surface area contributed by atoms with E-state index in [2.05, 4.69) is 10.6 Å². The molecule has 1 amide bonds. The van der Waals surface area contributed by atoms with Crippen molar-refractivity contribution in [2.24, 2.45) is 0 Å². The number of nitrogens with zero attached hydrogens (tertiary/aromatic N) is 1. The van der Waals surface area contributed by atoms with Crippen LogP contribution in [-0.4, -0.2) is 24.4 Å². The second-order valence-corrected chi connectivity index (χ2v) is 3.41. The third kappa shape index (κ3) is 3.18. The smallest absolute Gasteiger partial charge is 0.271 e. The lowest BCUT2D eigenvalue weighted by molar-refractivity contribution is -0.384. The number of nitro groups is 1. The number of amides is 1. The lowest BCUT2D eigenvalue weighted by Gasteiger charge is -2.06. The Hall–Kier alpha value is -1.66. The van der Waals surface area contributed by atoms with Crippen molar-refractivity contribution in [1.82, 2.24) is 5.32 Å². The zero-order valence-electron chi connectivity index (χ0n) is 8.49. The number of hydrogen-bond acceptors (Lipinski definition) is 4. The summed E-state index contributed by atoms with van der Waals surface area (Å²) in [5, 5.41) is 15.9. The maximum absolute atomic E-state index is 11.2. The average Bonchev–Trinajstić information content (AvgIpc) is 2.21. The van der Waals surface area contributed by atoms with E-state index in [1.807, 2.05) is 0 Å². The summed E-state index contributed by atoms with van der Waals surface area (Å²) in [6.07, 6.45) is 0. The first kappa shape index (κ1) is 12.4. The van der Waals surface area contributed by atoms with Gasteiger partial charge >= 0.3 is 0 Å². The summed E-state index contributed by atoms with van der Waals surface area (Å²) in [4.78, 5) is 21.2. The van der Waals surface area contributed by atoms with Gasteiger partial charge in [-0.3, -0.25) is 14.9 Å². The number of halogens is 1. The fraction of sp³-hybridized carbons (Fsp3) is 0.222. The van der Waals surface area contributed by atoms with E-state index in [9.17, 15) is 14.9 Å². The summed E-state index contributed by atoms with van der Waals surface area (Å²) in [7, 11) is 1.62. The number of benzene rings is 1. The number of likely N-dealkylation sites (N-methyl/N-ethyl adjacent to an activating group) is 1. The fourth-order valence-electron chi connectivity index (χ4n) is 1.08. The number of nitrogens with one attached hydrogen (secondary N) is 2. The van der Waals surface area contributed by atoms with Gasteiger partial charge in [0.2, 0.25) is 5.91 Å². The lowest BCUT2D eigenvalue weighted by Crippen LogP contribution is -2.25. The Bertz CT molecular complexity index is 422. The van der Waals surface area contributed by atoms with Gasteiger partial charge in [0.15, 0.2) is 0 Å². The molecule has 6 nitrogen and oxygen atoms in total. The van der Waals surface area contributed by atoms with Crippen molar-refractivity contribution in [3.8, 4) is 0 Å². The van der Waals surface area contributed by atoms with E-state index in [1.54, 1.807) is 7.05 Å². The number of carbonyl (C=O) groups excluding carboxylic acids is 1. The van der Waals surface area contributed by atoms with Gasteiger partial charge in [0.1, 0.15) is 0 Å². The maximum atomic E-state index is 11.2. The van der Waals surface area contributed by atoms with E-state index in [0.29, 0.717) is 0 Å². The van der Waals surface area contributed by atoms with Gasteiger partial charge in [-0.2, -0.15) is 0 Å². The highest BCUT2D eigenvalue weighted by Gasteiger charge is 2.11. The predicted octanol–water partition coefficient (Wildman–Crippen LogP) is 1.41. The van der Waals surface area contributed by atoms with Gasteiger partial charge in [0, 0.05) is 12.1 Å². The molecular formula is C9H10ClN3O3. The van der Waals surface area contributed by atoms with Crippen LogP contribution in [0.4, 0.5) is 11.4 Å². The van der Waals surface area contributed by atoms with Gasteiger partial charge in [0.25, 0.3) is 5.69 Å². The van der Waals surface area contributed by atoms with E-state index < -0.39 is 4.92 Å². The summed E-state index contributed by atoms with van der Waals surface area (Å²) in [5.41, 5.74) is 0.111. The molecule has 0 radical (unpaired) electrons. The molecule has 0 aliphatic rings. The van der Waals surface area contributed by atoms with Crippen LogP contribution in [0.1, 0.15) is 0 Å². The number of nitro benzene ring substituents is 1. The summed E-state index contributed by atoms with van der Waals surface area (Å²) < 4.78 is 0. The zero-order chi connectivity index (χ0) is 12.1. The molecule has 1 rings (SSSR count). The van der Waals surface area contributed by atoms with E-state index in [4.69, 9.17) is 11.6 Å². The van der Waals surface area contributed by atoms with E-state index in [-0.39, 0.29) is 28.8 Å². The highest BCUT2D eigenvalue weighted by molar-refractivity contribution is 6.33. The topological polar surface area (TPSA) is 84.3 Å². The largest absolute Gasteiger partial charge is 0.323 e. The van der Waals surface area contributed by atoms with Crippen molar-refractivity contribution in [2.45, 2.75) is 0 Å². The van der Waals surface area contributed by atoms with Gasteiger partial charge in [0.05, 0.1) is 22.2 Å². The zero-order valence-corrected chi connectivity index (χ0v) is 9.25. The molecule has 0 spiro atoms. The average molecular weight is 244 g/mol. The van der Waals surface area contributed by atoms with Crippen LogP contribution in [0.3, 0.4) is 0 Å². The Balaban J connectivity index is 2.90. The molecule has 0 aromatic heterocycles. The molecule has 86 valence electrons. The number of anilines is 1. The molecule has 0 saturated heterocycles. The molecule has 0 bridgehead atoms. The van der Waals surface area contributed by atoms with Crippen LogP contribution in [0.5, 0.6) is 0 Å².